The number of nitrogens with one attached hydrogen (secondary N) is 3. The minimum absolute atomic E-state index is 0.111. The lowest BCUT2D eigenvalue weighted by atomic mass is 10.3. The average molecular weight is 414 g/mol. The van der Waals surface area contributed by atoms with Gasteiger partial charge in [0.1, 0.15) is 11.6 Å². The second-order valence-corrected chi connectivity index (χ2v) is 8.25. The number of anilines is 2. The summed E-state index contributed by atoms with van der Waals surface area (Å²) in [6, 6.07) is 2.52. The molecule has 1 fully saturated rings. The second kappa shape index (κ2) is 8.38. The van der Waals surface area contributed by atoms with Crippen molar-refractivity contribution in [2.24, 2.45) is 0 Å². The summed E-state index contributed by atoms with van der Waals surface area (Å²) in [7, 11) is 0. The molecule has 0 atom stereocenters. The van der Waals surface area contributed by atoms with Crippen LogP contribution >= 0.6 is 11.3 Å². The van der Waals surface area contributed by atoms with Crippen LogP contribution in [0.1, 0.15) is 32.3 Å². The van der Waals surface area contributed by atoms with Crippen LogP contribution in [0, 0.1) is 0 Å². The molecule has 0 radical (unpaired) electrons. The van der Waals surface area contributed by atoms with Crippen molar-refractivity contribution in [1.29, 1.82) is 0 Å². The Morgan fingerprint density at radius 3 is 2.86 bits per heavy atom. The van der Waals surface area contributed by atoms with Crippen molar-refractivity contribution in [3.63, 3.8) is 0 Å². The van der Waals surface area contributed by atoms with Gasteiger partial charge < -0.3 is 20.5 Å². The number of rotatable bonds is 9. The van der Waals surface area contributed by atoms with Crippen molar-refractivity contribution in [1.82, 2.24) is 24.5 Å². The Bertz CT molecular complexity index is 1150. The van der Waals surface area contributed by atoms with E-state index in [9.17, 15) is 4.79 Å². The van der Waals surface area contributed by atoms with Crippen molar-refractivity contribution in [3.05, 3.63) is 37.4 Å². The van der Waals surface area contributed by atoms with Gasteiger partial charge in [-0.1, -0.05) is 31.8 Å². The van der Waals surface area contributed by atoms with E-state index in [0.29, 0.717) is 11.4 Å². The molecule has 8 nitrogen and oxygen atoms in total. The Labute approximate surface area is 173 Å². The standard InChI is InChI=1S/C20H27N7OS/c1-4-26(5-2)9-8-21-17-11-18(24-15-6-7-15)27-19(25-17)14(12-22-27)10-16-13(3)23-20(28)29-16/h10-12,15,24H,3-9H2,1-2H3,(H,21,25)(H,23,28)/b16-10-. The Hall–Kier alpha value is -2.65. The molecular formula is C20H27N7OS. The van der Waals surface area contributed by atoms with Crippen LogP contribution in [-0.4, -0.2) is 56.7 Å². The highest BCUT2D eigenvalue weighted by atomic mass is 32.1. The SMILES string of the molecule is C=c1[nH]c(=O)s/c1=C\c1cnn2c(NC3CC3)cc(NCCN(CC)CC)nc12. The van der Waals surface area contributed by atoms with Crippen molar-refractivity contribution in [2.75, 3.05) is 36.8 Å². The van der Waals surface area contributed by atoms with E-state index < -0.39 is 0 Å². The Balaban J connectivity index is 1.69. The molecule has 9 heteroatoms. The van der Waals surface area contributed by atoms with Gasteiger partial charge in [0.2, 0.25) is 0 Å². The highest BCUT2D eigenvalue weighted by Gasteiger charge is 2.23. The fraction of sp³-hybridized carbons (Fsp3) is 0.450. The van der Waals surface area contributed by atoms with Crippen LogP contribution < -0.4 is 25.4 Å². The van der Waals surface area contributed by atoms with E-state index in [-0.39, 0.29) is 4.87 Å². The van der Waals surface area contributed by atoms with Crippen molar-refractivity contribution >= 4 is 41.3 Å². The van der Waals surface area contributed by atoms with Gasteiger partial charge in [0.15, 0.2) is 5.65 Å². The van der Waals surface area contributed by atoms with Crippen molar-refractivity contribution < 1.29 is 0 Å². The van der Waals surface area contributed by atoms with E-state index in [4.69, 9.17) is 4.98 Å². The van der Waals surface area contributed by atoms with E-state index in [2.05, 4.69) is 46.0 Å². The molecular weight excluding hydrogens is 386 g/mol. The highest BCUT2D eigenvalue weighted by molar-refractivity contribution is 7.07. The van der Waals surface area contributed by atoms with Gasteiger partial charge in [0.25, 0.3) is 0 Å². The summed E-state index contributed by atoms with van der Waals surface area (Å²) in [4.78, 5) is 21.4. The number of nitrogens with zero attached hydrogens (tertiary/aromatic N) is 4. The summed E-state index contributed by atoms with van der Waals surface area (Å²) in [5, 5.41) is 12.1. The molecule has 0 spiro atoms. The molecule has 3 aromatic rings. The molecule has 0 bridgehead atoms. The summed E-state index contributed by atoms with van der Waals surface area (Å²) < 4.78 is 2.63. The third-order valence-electron chi connectivity index (χ3n) is 5.10. The molecule has 0 aliphatic heterocycles. The third-order valence-corrected chi connectivity index (χ3v) is 5.97. The zero-order valence-electron chi connectivity index (χ0n) is 16.9. The van der Waals surface area contributed by atoms with E-state index in [1.807, 2.05) is 16.7 Å². The summed E-state index contributed by atoms with van der Waals surface area (Å²) in [6.45, 7) is 12.1. The summed E-state index contributed by atoms with van der Waals surface area (Å²) >= 11 is 1.14. The van der Waals surface area contributed by atoms with E-state index in [0.717, 1.165) is 64.9 Å². The van der Waals surface area contributed by atoms with Gasteiger partial charge in [-0.3, -0.25) is 4.79 Å². The van der Waals surface area contributed by atoms with Crippen LogP contribution in [-0.2, 0) is 0 Å². The molecule has 0 aromatic carbocycles. The number of H-pyrrole nitrogens is 1. The number of hydrogen-bond acceptors (Lipinski definition) is 7. The lowest BCUT2D eigenvalue weighted by Gasteiger charge is -2.18. The number of aromatic nitrogens is 4. The zero-order valence-corrected chi connectivity index (χ0v) is 17.7. The number of hydrogen-bond donors (Lipinski definition) is 3. The Morgan fingerprint density at radius 1 is 1.41 bits per heavy atom. The molecule has 1 aliphatic rings. The molecule has 29 heavy (non-hydrogen) atoms. The molecule has 0 saturated heterocycles. The second-order valence-electron chi connectivity index (χ2n) is 7.24. The predicted molar refractivity (Wildman–Crippen MR) is 119 cm³/mol. The monoisotopic (exact) mass is 413 g/mol. The summed E-state index contributed by atoms with van der Waals surface area (Å²) in [5.41, 5.74) is 1.61. The quantitative estimate of drug-likeness (QED) is 0.486. The molecule has 154 valence electrons. The van der Waals surface area contributed by atoms with E-state index in [1.54, 1.807) is 6.20 Å². The first-order valence-corrected chi connectivity index (χ1v) is 10.9. The smallest absolute Gasteiger partial charge is 0.305 e. The zero-order chi connectivity index (χ0) is 20.4. The maximum atomic E-state index is 11.6. The van der Waals surface area contributed by atoms with Gasteiger partial charge in [0.05, 0.1) is 16.1 Å². The van der Waals surface area contributed by atoms with Crippen LogP contribution in [0.5, 0.6) is 0 Å². The number of aromatic amines is 1. The minimum atomic E-state index is -0.111. The van der Waals surface area contributed by atoms with Gasteiger partial charge in [-0.05, 0) is 32.0 Å². The van der Waals surface area contributed by atoms with Gasteiger partial charge in [0, 0.05) is 30.8 Å². The molecule has 3 N–H and O–H groups in total. The average Bonchev–Trinajstić information content (AvgIpc) is 3.34. The Morgan fingerprint density at radius 2 is 2.21 bits per heavy atom. The van der Waals surface area contributed by atoms with Crippen LogP contribution in [0.25, 0.3) is 18.3 Å². The fourth-order valence-corrected chi connectivity index (χ4v) is 3.96. The van der Waals surface area contributed by atoms with Crippen LogP contribution in [0.3, 0.4) is 0 Å². The molecule has 1 saturated carbocycles. The number of thiazole rings is 1. The Kier molecular flexibility index (Phi) is 5.68. The topological polar surface area (TPSA) is 90.3 Å². The molecule has 4 rings (SSSR count). The maximum Gasteiger partial charge on any atom is 0.305 e. The number of fused-ring (bicyclic) bond motifs is 1. The van der Waals surface area contributed by atoms with Crippen LogP contribution in [0.15, 0.2) is 17.1 Å². The van der Waals surface area contributed by atoms with Gasteiger partial charge >= 0.3 is 4.87 Å². The predicted octanol–water partition coefficient (Wildman–Crippen LogP) is 1.05. The van der Waals surface area contributed by atoms with E-state index >= 15 is 0 Å². The number of likely N-dealkylation sites (N-methyl/N-ethyl adjacent to an activating group) is 1. The summed E-state index contributed by atoms with van der Waals surface area (Å²) in [5.74, 6) is 1.75. The largest absolute Gasteiger partial charge is 0.369 e. The van der Waals surface area contributed by atoms with Gasteiger partial charge in [-0.25, -0.2) is 4.98 Å². The third kappa shape index (κ3) is 4.51. The molecule has 0 unspecified atom stereocenters. The lowest BCUT2D eigenvalue weighted by molar-refractivity contribution is 0.316. The molecule has 1 aliphatic carbocycles. The van der Waals surface area contributed by atoms with Crippen molar-refractivity contribution in [3.8, 4) is 0 Å². The maximum absolute atomic E-state index is 11.6. The van der Waals surface area contributed by atoms with Gasteiger partial charge in [-0.2, -0.15) is 9.61 Å². The van der Waals surface area contributed by atoms with Crippen LogP contribution in [0.2, 0.25) is 0 Å². The fourth-order valence-electron chi connectivity index (χ4n) is 3.22. The highest BCUT2D eigenvalue weighted by Crippen LogP contribution is 2.27. The molecule has 0 amide bonds. The van der Waals surface area contributed by atoms with Crippen molar-refractivity contribution in [2.45, 2.75) is 32.7 Å². The first-order chi connectivity index (χ1) is 14.1. The van der Waals surface area contributed by atoms with Gasteiger partial charge in [-0.15, -0.1) is 0 Å². The summed E-state index contributed by atoms with van der Waals surface area (Å²) in [6.07, 6.45) is 6.05. The minimum Gasteiger partial charge on any atom is -0.369 e. The lowest BCUT2D eigenvalue weighted by Crippen LogP contribution is -2.28. The molecule has 3 aromatic heterocycles. The first kappa shape index (κ1) is 19.7. The first-order valence-electron chi connectivity index (χ1n) is 10.1. The van der Waals surface area contributed by atoms with E-state index in [1.165, 1.54) is 12.8 Å². The van der Waals surface area contributed by atoms with Crippen LogP contribution in [0.4, 0.5) is 11.6 Å². The molecule has 3 heterocycles. The normalized spacial score (nSPS) is 14.8.